The van der Waals surface area contributed by atoms with E-state index in [1.165, 1.54) is 31.6 Å². The molecular formula is C21H22N2O5S2. The number of anilines is 1. The Balaban J connectivity index is 1.79. The summed E-state index contributed by atoms with van der Waals surface area (Å²) < 4.78 is 31.6. The van der Waals surface area contributed by atoms with Crippen LogP contribution in [0.4, 0.5) is 5.00 Å². The lowest BCUT2D eigenvalue weighted by Gasteiger charge is -2.17. The van der Waals surface area contributed by atoms with Gasteiger partial charge in [0.1, 0.15) is 5.00 Å². The number of benzene rings is 2. The molecule has 0 bridgehead atoms. The van der Waals surface area contributed by atoms with Crippen molar-refractivity contribution >= 4 is 49.0 Å². The molecule has 0 aliphatic rings. The molecule has 0 fully saturated rings. The molecule has 7 nitrogen and oxygen atoms in total. The predicted octanol–water partition coefficient (Wildman–Crippen LogP) is 3.56. The number of rotatable bonds is 6. The Labute approximate surface area is 179 Å². The first kappa shape index (κ1) is 21.9. The molecule has 0 unspecified atom stereocenters. The third kappa shape index (κ3) is 4.23. The monoisotopic (exact) mass is 446 g/mol. The van der Waals surface area contributed by atoms with Gasteiger partial charge < -0.3 is 10.1 Å². The molecule has 2 aromatic carbocycles. The lowest BCUT2D eigenvalue weighted by molar-refractivity contribution is -0.116. The largest absolute Gasteiger partial charge is 0.465 e. The molecule has 1 heterocycles. The van der Waals surface area contributed by atoms with Crippen LogP contribution in [0.3, 0.4) is 0 Å². The average Bonchev–Trinajstić information content (AvgIpc) is 2.99. The second-order valence-electron chi connectivity index (χ2n) is 6.80. The maximum absolute atomic E-state index is 12.9. The molecular weight excluding hydrogens is 424 g/mol. The highest BCUT2D eigenvalue weighted by atomic mass is 32.2. The van der Waals surface area contributed by atoms with Crippen molar-refractivity contribution in [1.29, 1.82) is 0 Å². The van der Waals surface area contributed by atoms with Crippen LogP contribution in [0.5, 0.6) is 0 Å². The van der Waals surface area contributed by atoms with Crippen LogP contribution in [-0.4, -0.2) is 45.3 Å². The van der Waals surface area contributed by atoms with Gasteiger partial charge in [-0.1, -0.05) is 30.3 Å². The predicted molar refractivity (Wildman–Crippen MR) is 118 cm³/mol. The number of hydrogen-bond donors (Lipinski definition) is 1. The van der Waals surface area contributed by atoms with E-state index in [4.69, 9.17) is 4.74 Å². The van der Waals surface area contributed by atoms with Gasteiger partial charge in [-0.3, -0.25) is 4.79 Å². The fraction of sp³-hybridized carbons (Fsp3) is 0.238. The van der Waals surface area contributed by atoms with E-state index in [0.717, 1.165) is 25.5 Å². The van der Waals surface area contributed by atoms with Gasteiger partial charge in [-0.25, -0.2) is 13.2 Å². The van der Waals surface area contributed by atoms with Crippen LogP contribution < -0.4 is 5.32 Å². The lowest BCUT2D eigenvalue weighted by atomic mass is 10.1. The number of esters is 1. The Morgan fingerprint density at radius 3 is 2.43 bits per heavy atom. The molecule has 158 valence electrons. The average molecular weight is 447 g/mol. The number of carbonyl (C=O) groups excluding carboxylic acids is 2. The number of methoxy groups -OCH3 is 1. The van der Waals surface area contributed by atoms with E-state index in [9.17, 15) is 18.0 Å². The zero-order chi connectivity index (χ0) is 22.1. The van der Waals surface area contributed by atoms with Crippen LogP contribution in [0, 0.1) is 13.8 Å². The summed E-state index contributed by atoms with van der Waals surface area (Å²) in [5.74, 6) is -1.10. The molecule has 0 aliphatic carbocycles. The maximum Gasteiger partial charge on any atom is 0.341 e. The highest BCUT2D eigenvalue weighted by Crippen LogP contribution is 2.33. The van der Waals surface area contributed by atoms with E-state index in [2.05, 4.69) is 5.32 Å². The molecule has 3 aromatic rings. The van der Waals surface area contributed by atoms with Crippen LogP contribution in [0.1, 0.15) is 20.8 Å². The highest BCUT2D eigenvalue weighted by molar-refractivity contribution is 7.89. The van der Waals surface area contributed by atoms with Crippen molar-refractivity contribution in [3.63, 3.8) is 0 Å². The Morgan fingerprint density at radius 1 is 1.10 bits per heavy atom. The minimum atomic E-state index is -3.87. The van der Waals surface area contributed by atoms with E-state index in [1.54, 1.807) is 19.1 Å². The van der Waals surface area contributed by atoms with Gasteiger partial charge in [-0.05, 0) is 42.3 Å². The molecule has 1 N–H and O–H groups in total. The topological polar surface area (TPSA) is 92.8 Å². The minimum Gasteiger partial charge on any atom is -0.465 e. The third-order valence-electron chi connectivity index (χ3n) is 4.82. The molecule has 0 spiro atoms. The number of nitrogens with zero attached hydrogens (tertiary/aromatic N) is 1. The first-order valence-electron chi connectivity index (χ1n) is 9.08. The Bertz CT molecular complexity index is 1230. The molecule has 1 amide bonds. The molecule has 0 aliphatic heterocycles. The van der Waals surface area contributed by atoms with Gasteiger partial charge >= 0.3 is 5.97 Å². The van der Waals surface area contributed by atoms with Crippen molar-refractivity contribution in [2.45, 2.75) is 18.7 Å². The summed E-state index contributed by atoms with van der Waals surface area (Å²) in [7, 11) is -1.26. The van der Waals surface area contributed by atoms with Crippen LogP contribution in [0.25, 0.3) is 10.8 Å². The van der Waals surface area contributed by atoms with Crippen LogP contribution in [0.15, 0.2) is 47.4 Å². The van der Waals surface area contributed by atoms with E-state index in [0.29, 0.717) is 5.00 Å². The maximum atomic E-state index is 12.9. The summed E-state index contributed by atoms with van der Waals surface area (Å²) in [4.78, 5) is 25.6. The zero-order valence-corrected chi connectivity index (χ0v) is 18.7. The Morgan fingerprint density at radius 2 is 1.77 bits per heavy atom. The summed E-state index contributed by atoms with van der Waals surface area (Å²) in [6.45, 7) is 3.20. The number of thiophene rings is 1. The summed E-state index contributed by atoms with van der Waals surface area (Å²) in [5.41, 5.74) is 1.01. The van der Waals surface area contributed by atoms with E-state index in [1.807, 2.05) is 31.2 Å². The van der Waals surface area contributed by atoms with Crippen molar-refractivity contribution < 1.29 is 22.7 Å². The van der Waals surface area contributed by atoms with E-state index in [-0.39, 0.29) is 10.5 Å². The first-order chi connectivity index (χ1) is 14.1. The van der Waals surface area contributed by atoms with Crippen molar-refractivity contribution in [3.8, 4) is 0 Å². The minimum absolute atomic E-state index is 0.106. The van der Waals surface area contributed by atoms with Gasteiger partial charge in [0.05, 0.1) is 24.1 Å². The molecule has 9 heteroatoms. The van der Waals surface area contributed by atoms with Gasteiger partial charge in [-0.2, -0.15) is 4.31 Å². The second-order valence-corrected chi connectivity index (χ2v) is 10.1. The fourth-order valence-electron chi connectivity index (χ4n) is 3.02. The van der Waals surface area contributed by atoms with Gasteiger partial charge in [0.15, 0.2) is 0 Å². The van der Waals surface area contributed by atoms with Crippen molar-refractivity contribution in [2.75, 3.05) is 26.0 Å². The number of carbonyl (C=O) groups is 2. The quantitative estimate of drug-likeness (QED) is 0.585. The van der Waals surface area contributed by atoms with E-state index < -0.39 is 28.4 Å². The second kappa shape index (κ2) is 8.55. The molecule has 0 atom stereocenters. The van der Waals surface area contributed by atoms with Gasteiger partial charge in [0.2, 0.25) is 15.9 Å². The number of hydrogen-bond acceptors (Lipinski definition) is 6. The summed E-state index contributed by atoms with van der Waals surface area (Å²) in [6.07, 6.45) is 0. The fourth-order valence-corrected chi connectivity index (χ4v) is 5.25. The SMILES string of the molecule is COC(=O)c1c(NC(=O)CN(C)S(=O)(=O)c2ccc3ccccc3c2)sc(C)c1C. The van der Waals surface area contributed by atoms with Crippen LogP contribution >= 0.6 is 11.3 Å². The van der Waals surface area contributed by atoms with Gasteiger partial charge in [0.25, 0.3) is 0 Å². The standard InChI is InChI=1S/C21H22N2O5S2/c1-13-14(2)29-20(19(13)21(25)28-4)22-18(24)12-23(3)30(26,27)17-10-9-15-7-5-6-8-16(15)11-17/h5-11H,12H2,1-4H3,(H,22,24). The molecule has 0 radical (unpaired) electrons. The summed E-state index contributed by atoms with van der Waals surface area (Å²) >= 11 is 1.24. The number of amides is 1. The van der Waals surface area contributed by atoms with Gasteiger partial charge in [-0.15, -0.1) is 11.3 Å². The summed E-state index contributed by atoms with van der Waals surface area (Å²) in [5, 5.41) is 4.71. The number of nitrogens with one attached hydrogen (secondary N) is 1. The molecule has 3 rings (SSSR count). The van der Waals surface area contributed by atoms with E-state index >= 15 is 0 Å². The van der Waals surface area contributed by atoms with Crippen LogP contribution in [0.2, 0.25) is 0 Å². The molecule has 1 aromatic heterocycles. The third-order valence-corrected chi connectivity index (χ3v) is 7.75. The Kier molecular flexibility index (Phi) is 6.25. The smallest absolute Gasteiger partial charge is 0.341 e. The van der Waals surface area contributed by atoms with Crippen molar-refractivity contribution in [2.24, 2.45) is 0 Å². The number of fused-ring (bicyclic) bond motifs is 1. The normalized spacial score (nSPS) is 11.6. The van der Waals surface area contributed by atoms with Crippen molar-refractivity contribution in [1.82, 2.24) is 4.31 Å². The number of aryl methyl sites for hydroxylation is 1. The first-order valence-corrected chi connectivity index (χ1v) is 11.3. The lowest BCUT2D eigenvalue weighted by Crippen LogP contribution is -2.35. The molecule has 0 saturated carbocycles. The van der Waals surface area contributed by atoms with Crippen LogP contribution in [-0.2, 0) is 19.6 Å². The number of ether oxygens (including phenoxy) is 1. The van der Waals surface area contributed by atoms with Crippen molar-refractivity contribution in [3.05, 3.63) is 58.5 Å². The van der Waals surface area contributed by atoms with Gasteiger partial charge in [0, 0.05) is 11.9 Å². The molecule has 0 saturated heterocycles. The zero-order valence-electron chi connectivity index (χ0n) is 17.1. The number of likely N-dealkylation sites (N-methyl/N-ethyl adjacent to an activating group) is 1. The number of sulfonamides is 1. The summed E-state index contributed by atoms with van der Waals surface area (Å²) in [6, 6.07) is 12.3. The Hall–Kier alpha value is -2.75. The highest BCUT2D eigenvalue weighted by Gasteiger charge is 2.26. The molecule has 30 heavy (non-hydrogen) atoms.